The number of nitrogens with two attached hydrogens (primary N) is 6. The van der Waals surface area contributed by atoms with Crippen LogP contribution in [0.2, 0.25) is 0 Å². The highest BCUT2D eigenvalue weighted by atomic mass is 16.4. The van der Waals surface area contributed by atoms with Gasteiger partial charge in [0, 0.05) is 19.4 Å². The molecule has 0 unspecified atom stereocenters. The number of nitrogens with one attached hydrogen (secondary N) is 6. The van der Waals surface area contributed by atoms with Gasteiger partial charge in [-0.1, -0.05) is 0 Å². The smallest absolute Gasteiger partial charge is 0.326 e. The van der Waals surface area contributed by atoms with Crippen molar-refractivity contribution in [3.63, 3.8) is 0 Å². The molecule has 0 spiro atoms. The Hall–Kier alpha value is -5.66. The molecule has 25 heteroatoms. The Labute approximate surface area is 341 Å². The number of amides is 7. The molecule has 7 amide bonds. The van der Waals surface area contributed by atoms with Crippen LogP contribution in [0, 0.1) is 0 Å². The number of carbonyl (C=O) groups excluding carboxylic acids is 7. The molecule has 0 aromatic rings. The largest absolute Gasteiger partial charge is 0.481 e. The summed E-state index contributed by atoms with van der Waals surface area (Å²) in [6.07, 6.45) is -0.935. The second-order valence-corrected chi connectivity index (χ2v) is 13.6. The Kier molecular flexibility index (Phi) is 26.7. The molecule has 25 nitrogen and oxygen atoms in total. The normalized spacial score (nSPS) is 14.4. The number of aliphatic hydroxyl groups excluding tert-OH is 1. The van der Waals surface area contributed by atoms with Crippen molar-refractivity contribution in [3.05, 3.63) is 0 Å². The second-order valence-electron chi connectivity index (χ2n) is 13.6. The fraction of sp³-hybridized carbons (Fsp3) is 0.706. The van der Waals surface area contributed by atoms with Crippen LogP contribution in [-0.2, 0) is 43.2 Å². The maximum absolute atomic E-state index is 13.6. The van der Waals surface area contributed by atoms with Crippen LogP contribution in [0.25, 0.3) is 0 Å². The van der Waals surface area contributed by atoms with Crippen molar-refractivity contribution in [2.24, 2.45) is 39.4 Å². The van der Waals surface area contributed by atoms with E-state index in [1.807, 2.05) is 0 Å². The summed E-state index contributed by atoms with van der Waals surface area (Å²) in [5, 5.41) is 42.8. The lowest BCUT2D eigenvalue weighted by molar-refractivity contribution is -0.143. The van der Waals surface area contributed by atoms with Crippen LogP contribution >= 0.6 is 0 Å². The average Bonchev–Trinajstić information content (AvgIpc) is 3.16. The van der Waals surface area contributed by atoms with E-state index in [0.29, 0.717) is 38.6 Å². The second kappa shape index (κ2) is 29.5. The van der Waals surface area contributed by atoms with Crippen molar-refractivity contribution in [1.29, 1.82) is 0 Å². The lowest BCUT2D eigenvalue weighted by atomic mass is 10.0. The first-order chi connectivity index (χ1) is 27.7. The molecule has 336 valence electrons. The van der Waals surface area contributed by atoms with Crippen LogP contribution in [-0.4, -0.2) is 143 Å². The molecule has 0 heterocycles. The highest BCUT2D eigenvalue weighted by molar-refractivity contribution is 5.96. The molecular weight excluding hydrogens is 782 g/mol. The first-order valence-electron chi connectivity index (χ1n) is 19.1. The molecule has 0 bridgehead atoms. The number of nitrogens with zero attached hydrogens (tertiary/aromatic N) is 1. The molecule has 0 saturated carbocycles. The number of aliphatic hydroxyl groups is 1. The van der Waals surface area contributed by atoms with Crippen LogP contribution < -0.4 is 66.3 Å². The van der Waals surface area contributed by atoms with Crippen LogP contribution in [0.3, 0.4) is 0 Å². The number of carboxylic acid groups (broad SMARTS) is 2. The molecular formula is C34H63N13O12. The number of carbonyl (C=O) groups is 9. The van der Waals surface area contributed by atoms with E-state index < -0.39 is 121 Å². The molecule has 0 aliphatic carbocycles. The Morgan fingerprint density at radius 3 is 1.56 bits per heavy atom. The lowest BCUT2D eigenvalue weighted by Gasteiger charge is -2.27. The predicted octanol–water partition coefficient (Wildman–Crippen LogP) is -6.24. The van der Waals surface area contributed by atoms with Crippen LogP contribution in [0.4, 0.5) is 0 Å². The predicted molar refractivity (Wildman–Crippen MR) is 211 cm³/mol. The van der Waals surface area contributed by atoms with E-state index in [1.165, 1.54) is 6.92 Å². The number of guanidine groups is 1. The molecule has 0 rings (SSSR count). The number of hydrogen-bond acceptors (Lipinski definition) is 14. The third-order valence-corrected chi connectivity index (χ3v) is 8.54. The van der Waals surface area contributed by atoms with E-state index >= 15 is 0 Å². The van der Waals surface area contributed by atoms with Crippen molar-refractivity contribution in [2.45, 2.75) is 126 Å². The highest BCUT2D eigenvalue weighted by Gasteiger charge is 2.33. The van der Waals surface area contributed by atoms with E-state index in [9.17, 15) is 53.4 Å². The molecule has 59 heavy (non-hydrogen) atoms. The third-order valence-electron chi connectivity index (χ3n) is 8.54. The number of aliphatic imine (C=N–C) groups is 1. The van der Waals surface area contributed by atoms with Gasteiger partial charge in [-0.05, 0) is 84.2 Å². The monoisotopic (exact) mass is 845 g/mol. The number of unbranched alkanes of at least 4 members (excludes halogenated alkanes) is 2. The van der Waals surface area contributed by atoms with Gasteiger partial charge in [0.2, 0.25) is 41.4 Å². The highest BCUT2D eigenvalue weighted by Crippen LogP contribution is 2.08. The molecule has 0 fully saturated rings. The Balaban J connectivity index is 5.89. The minimum atomic E-state index is -1.68. The maximum atomic E-state index is 13.6. The quantitative estimate of drug-likeness (QED) is 0.0170. The summed E-state index contributed by atoms with van der Waals surface area (Å²) in [6, 6.07) is -8.31. The van der Waals surface area contributed by atoms with Gasteiger partial charge in [0.25, 0.3) is 0 Å². The Bertz CT molecular complexity index is 1440. The molecule has 0 aromatic heterocycles. The lowest BCUT2D eigenvalue weighted by Crippen LogP contribution is -2.60. The molecule has 21 N–H and O–H groups in total. The third kappa shape index (κ3) is 24.0. The first-order valence-corrected chi connectivity index (χ1v) is 19.1. The summed E-state index contributed by atoms with van der Waals surface area (Å²) in [6.45, 7) is 1.14. The topological polar surface area (TPSA) is 455 Å². The van der Waals surface area contributed by atoms with Crippen LogP contribution in [0.1, 0.15) is 84.0 Å². The first kappa shape index (κ1) is 53.3. The fourth-order valence-corrected chi connectivity index (χ4v) is 5.26. The van der Waals surface area contributed by atoms with Crippen molar-refractivity contribution in [3.8, 4) is 0 Å². The number of rotatable bonds is 32. The standard InChI is InChI=1S/C34H63N13O12/c1-18(48)27(32(57)42-17-25(50)43-22(10-12-24(38)49)30(55)46-23(33(58)59)11-13-26(51)52)47-31(56)21(9-3-5-15-36)45-29(54)20(8-2-4-14-35)44-28(53)19(37)7-6-16-41-34(39)40/h18-23,27,48H,2-17,35-37H2,1H3,(H2,38,49)(H,42,57)(H,43,50)(H,44,53)(H,45,54)(H,46,55)(H,47,56)(H,51,52)(H,58,59)(H4,39,40,41)/t18-,19+,20+,21+,22+,23+,27+/m1/s1. The Morgan fingerprint density at radius 2 is 1.08 bits per heavy atom. The summed E-state index contributed by atoms with van der Waals surface area (Å²) in [4.78, 5) is 117. The average molecular weight is 846 g/mol. The zero-order valence-corrected chi connectivity index (χ0v) is 33.3. The van der Waals surface area contributed by atoms with Gasteiger partial charge in [-0.15, -0.1) is 0 Å². The zero-order chi connectivity index (χ0) is 45.1. The molecule has 0 saturated heterocycles. The van der Waals surface area contributed by atoms with Gasteiger partial charge in [0.15, 0.2) is 5.96 Å². The van der Waals surface area contributed by atoms with Crippen molar-refractivity contribution >= 4 is 59.2 Å². The van der Waals surface area contributed by atoms with Gasteiger partial charge in [0.05, 0.1) is 18.7 Å². The van der Waals surface area contributed by atoms with E-state index in [4.69, 9.17) is 39.5 Å². The Morgan fingerprint density at radius 1 is 0.593 bits per heavy atom. The minimum absolute atomic E-state index is 0.0346. The van der Waals surface area contributed by atoms with Gasteiger partial charge in [-0.3, -0.25) is 43.3 Å². The summed E-state index contributed by atoms with van der Waals surface area (Å²) < 4.78 is 0. The van der Waals surface area contributed by atoms with Gasteiger partial charge in [0.1, 0.15) is 30.2 Å². The van der Waals surface area contributed by atoms with Gasteiger partial charge < -0.3 is 81.6 Å². The summed E-state index contributed by atoms with van der Waals surface area (Å²) in [5.74, 6) is -9.28. The van der Waals surface area contributed by atoms with Crippen molar-refractivity contribution < 1.29 is 58.5 Å². The molecule has 0 aromatic carbocycles. The summed E-state index contributed by atoms with van der Waals surface area (Å²) >= 11 is 0. The minimum Gasteiger partial charge on any atom is -0.481 e. The van der Waals surface area contributed by atoms with E-state index in [2.05, 4.69) is 36.9 Å². The zero-order valence-electron chi connectivity index (χ0n) is 33.3. The van der Waals surface area contributed by atoms with E-state index in [0.717, 1.165) is 0 Å². The number of hydrogen-bond donors (Lipinski definition) is 15. The van der Waals surface area contributed by atoms with Crippen LogP contribution in [0.5, 0.6) is 0 Å². The van der Waals surface area contributed by atoms with E-state index in [1.54, 1.807) is 0 Å². The summed E-state index contributed by atoms with van der Waals surface area (Å²) in [7, 11) is 0. The molecule has 0 aliphatic heterocycles. The maximum Gasteiger partial charge on any atom is 0.326 e. The van der Waals surface area contributed by atoms with Gasteiger partial charge in [-0.2, -0.15) is 0 Å². The van der Waals surface area contributed by atoms with Crippen LogP contribution in [0.15, 0.2) is 4.99 Å². The molecule has 7 atom stereocenters. The number of aliphatic carboxylic acids is 2. The molecule has 0 aliphatic rings. The van der Waals surface area contributed by atoms with Crippen molar-refractivity contribution in [2.75, 3.05) is 26.2 Å². The number of carboxylic acids is 2. The SMILES string of the molecule is C[C@@H](O)[C@H](NC(=O)[C@H](CCCCN)NC(=O)[C@H](CCCCN)NC(=O)[C@@H](N)CCCN=C(N)N)C(=O)NCC(=O)N[C@@H](CCC(N)=O)C(=O)N[C@@H](CCC(=O)O)C(=O)O. The van der Waals surface area contributed by atoms with Gasteiger partial charge >= 0.3 is 11.9 Å². The number of primary amides is 1. The molecule has 0 radical (unpaired) electrons. The summed E-state index contributed by atoms with van der Waals surface area (Å²) in [5.41, 5.74) is 33.0. The van der Waals surface area contributed by atoms with E-state index in [-0.39, 0.29) is 44.7 Å². The van der Waals surface area contributed by atoms with Crippen molar-refractivity contribution in [1.82, 2.24) is 31.9 Å². The van der Waals surface area contributed by atoms with Gasteiger partial charge in [-0.25, -0.2) is 4.79 Å². The fourth-order valence-electron chi connectivity index (χ4n) is 5.26.